The summed E-state index contributed by atoms with van der Waals surface area (Å²) >= 11 is 0. The standard InChI is InChI=1S/C16H12N2O2/c1-20-16(19)15-14(11-7-3-2-4-8-11)12-9-5-6-10-13(12)17-18-15/h2-10H,1H3. The number of benzene rings is 2. The lowest BCUT2D eigenvalue weighted by atomic mass is 9.99. The van der Waals surface area contributed by atoms with Gasteiger partial charge in [-0.15, -0.1) is 10.2 Å². The van der Waals surface area contributed by atoms with E-state index in [1.54, 1.807) is 0 Å². The average Bonchev–Trinajstić information content (AvgIpc) is 2.53. The first-order valence-electron chi connectivity index (χ1n) is 6.20. The van der Waals surface area contributed by atoms with Gasteiger partial charge < -0.3 is 4.74 Å². The minimum absolute atomic E-state index is 0.234. The summed E-state index contributed by atoms with van der Waals surface area (Å²) in [6, 6.07) is 17.3. The zero-order chi connectivity index (χ0) is 13.9. The van der Waals surface area contributed by atoms with Crippen molar-refractivity contribution in [3.8, 4) is 11.1 Å². The largest absolute Gasteiger partial charge is 0.464 e. The van der Waals surface area contributed by atoms with Crippen molar-refractivity contribution in [2.45, 2.75) is 0 Å². The van der Waals surface area contributed by atoms with Gasteiger partial charge in [-0.05, 0) is 11.6 Å². The number of fused-ring (bicyclic) bond motifs is 1. The lowest BCUT2D eigenvalue weighted by Crippen LogP contribution is -2.08. The van der Waals surface area contributed by atoms with Gasteiger partial charge in [0, 0.05) is 10.9 Å². The predicted molar refractivity (Wildman–Crippen MR) is 76.3 cm³/mol. The van der Waals surface area contributed by atoms with Crippen LogP contribution in [0.3, 0.4) is 0 Å². The van der Waals surface area contributed by atoms with Crippen LogP contribution in [-0.2, 0) is 4.74 Å². The number of hydrogen-bond donors (Lipinski definition) is 0. The van der Waals surface area contributed by atoms with Gasteiger partial charge >= 0.3 is 5.97 Å². The number of carbonyl (C=O) groups is 1. The van der Waals surface area contributed by atoms with E-state index in [2.05, 4.69) is 10.2 Å². The van der Waals surface area contributed by atoms with Gasteiger partial charge in [0.1, 0.15) is 0 Å². The van der Waals surface area contributed by atoms with E-state index in [1.807, 2.05) is 54.6 Å². The highest BCUT2D eigenvalue weighted by atomic mass is 16.5. The highest BCUT2D eigenvalue weighted by Gasteiger charge is 2.18. The summed E-state index contributed by atoms with van der Waals surface area (Å²) in [5.41, 5.74) is 2.65. The summed E-state index contributed by atoms with van der Waals surface area (Å²) in [4.78, 5) is 11.9. The van der Waals surface area contributed by atoms with Crippen LogP contribution in [-0.4, -0.2) is 23.3 Å². The monoisotopic (exact) mass is 264 g/mol. The molecule has 0 aliphatic carbocycles. The number of ether oxygens (including phenoxy) is 1. The summed E-state index contributed by atoms with van der Waals surface area (Å²) in [5, 5.41) is 9.00. The van der Waals surface area contributed by atoms with Gasteiger partial charge in [0.15, 0.2) is 5.69 Å². The summed E-state index contributed by atoms with van der Waals surface area (Å²) in [7, 11) is 1.34. The first-order chi connectivity index (χ1) is 9.81. The van der Waals surface area contributed by atoms with Gasteiger partial charge in [-0.25, -0.2) is 4.79 Å². The van der Waals surface area contributed by atoms with Crippen molar-refractivity contribution in [2.75, 3.05) is 7.11 Å². The Labute approximate surface area is 116 Å². The number of esters is 1. The molecule has 1 aromatic heterocycles. The molecule has 0 aliphatic rings. The molecule has 4 heteroatoms. The molecule has 0 N–H and O–H groups in total. The summed E-state index contributed by atoms with van der Waals surface area (Å²) in [6.45, 7) is 0. The molecule has 0 saturated carbocycles. The van der Waals surface area contributed by atoms with E-state index < -0.39 is 5.97 Å². The van der Waals surface area contributed by atoms with Gasteiger partial charge in [-0.1, -0.05) is 48.5 Å². The van der Waals surface area contributed by atoms with Crippen LogP contribution in [0.15, 0.2) is 54.6 Å². The van der Waals surface area contributed by atoms with Gasteiger partial charge in [-0.2, -0.15) is 0 Å². The van der Waals surface area contributed by atoms with E-state index in [9.17, 15) is 4.79 Å². The fourth-order valence-electron chi connectivity index (χ4n) is 2.19. The second kappa shape index (κ2) is 5.09. The van der Waals surface area contributed by atoms with Crippen LogP contribution in [0.4, 0.5) is 0 Å². The molecule has 3 rings (SSSR count). The molecule has 1 heterocycles. The number of hydrogen-bond acceptors (Lipinski definition) is 4. The average molecular weight is 264 g/mol. The second-order valence-corrected chi connectivity index (χ2v) is 4.30. The molecular weight excluding hydrogens is 252 g/mol. The predicted octanol–water partition coefficient (Wildman–Crippen LogP) is 3.08. The Hall–Kier alpha value is -2.75. The second-order valence-electron chi connectivity index (χ2n) is 4.30. The van der Waals surface area contributed by atoms with Crippen LogP contribution in [0.2, 0.25) is 0 Å². The van der Waals surface area contributed by atoms with Crippen LogP contribution in [0.25, 0.3) is 22.0 Å². The summed E-state index contributed by atoms with van der Waals surface area (Å²) < 4.78 is 4.81. The number of rotatable bonds is 2. The smallest absolute Gasteiger partial charge is 0.359 e. The van der Waals surface area contributed by atoms with Crippen molar-refractivity contribution >= 4 is 16.9 Å². The van der Waals surface area contributed by atoms with E-state index in [1.165, 1.54) is 7.11 Å². The van der Waals surface area contributed by atoms with Crippen LogP contribution < -0.4 is 0 Å². The van der Waals surface area contributed by atoms with Gasteiger partial charge in [0.2, 0.25) is 0 Å². The Kier molecular flexibility index (Phi) is 3.13. The zero-order valence-corrected chi connectivity index (χ0v) is 10.9. The van der Waals surface area contributed by atoms with Crippen LogP contribution >= 0.6 is 0 Å². The minimum atomic E-state index is -0.484. The maximum atomic E-state index is 11.9. The number of methoxy groups -OCH3 is 1. The van der Waals surface area contributed by atoms with Gasteiger partial charge in [-0.3, -0.25) is 0 Å². The third kappa shape index (κ3) is 2.01. The number of aromatic nitrogens is 2. The van der Waals surface area contributed by atoms with Crippen molar-refractivity contribution in [2.24, 2.45) is 0 Å². The summed E-state index contributed by atoms with van der Waals surface area (Å²) in [5.74, 6) is -0.484. The SMILES string of the molecule is COC(=O)c1nnc2ccccc2c1-c1ccccc1. The Morgan fingerprint density at radius 2 is 1.65 bits per heavy atom. The molecule has 4 nitrogen and oxygen atoms in total. The minimum Gasteiger partial charge on any atom is -0.464 e. The molecule has 98 valence electrons. The zero-order valence-electron chi connectivity index (χ0n) is 10.9. The lowest BCUT2D eigenvalue weighted by Gasteiger charge is -2.09. The molecule has 0 radical (unpaired) electrons. The molecule has 0 bridgehead atoms. The molecule has 0 saturated heterocycles. The quantitative estimate of drug-likeness (QED) is 0.667. The maximum Gasteiger partial charge on any atom is 0.359 e. The first-order valence-corrected chi connectivity index (χ1v) is 6.20. The fraction of sp³-hybridized carbons (Fsp3) is 0.0625. The molecule has 0 fully saturated rings. The Balaban J connectivity index is 2.38. The summed E-state index contributed by atoms with van der Waals surface area (Å²) in [6.07, 6.45) is 0. The molecule has 0 aliphatic heterocycles. The number of nitrogens with zero attached hydrogens (tertiary/aromatic N) is 2. The van der Waals surface area contributed by atoms with Gasteiger partial charge in [0.25, 0.3) is 0 Å². The van der Waals surface area contributed by atoms with Crippen molar-refractivity contribution < 1.29 is 9.53 Å². The van der Waals surface area contributed by atoms with Crippen molar-refractivity contribution in [3.05, 3.63) is 60.3 Å². The molecule has 20 heavy (non-hydrogen) atoms. The van der Waals surface area contributed by atoms with Crippen molar-refractivity contribution in [3.63, 3.8) is 0 Å². The lowest BCUT2D eigenvalue weighted by molar-refractivity contribution is 0.0594. The third-order valence-corrected chi connectivity index (χ3v) is 3.11. The first kappa shape index (κ1) is 12.3. The van der Waals surface area contributed by atoms with Gasteiger partial charge in [0.05, 0.1) is 12.6 Å². The number of carbonyl (C=O) groups excluding carboxylic acids is 1. The molecular formula is C16H12N2O2. The van der Waals surface area contributed by atoms with E-state index >= 15 is 0 Å². The van der Waals surface area contributed by atoms with E-state index in [0.29, 0.717) is 0 Å². The van der Waals surface area contributed by atoms with Crippen LogP contribution in [0, 0.1) is 0 Å². The van der Waals surface area contributed by atoms with E-state index in [-0.39, 0.29) is 5.69 Å². The van der Waals surface area contributed by atoms with Crippen molar-refractivity contribution in [1.29, 1.82) is 0 Å². The maximum absolute atomic E-state index is 11.9. The highest BCUT2D eigenvalue weighted by molar-refractivity contribution is 6.05. The Morgan fingerprint density at radius 1 is 0.950 bits per heavy atom. The molecule has 3 aromatic rings. The molecule has 0 atom stereocenters. The normalized spacial score (nSPS) is 10.4. The topological polar surface area (TPSA) is 52.1 Å². The molecule has 0 amide bonds. The Morgan fingerprint density at radius 3 is 2.40 bits per heavy atom. The molecule has 0 spiro atoms. The molecule has 0 unspecified atom stereocenters. The van der Waals surface area contributed by atoms with E-state index in [0.717, 1.165) is 22.0 Å². The van der Waals surface area contributed by atoms with Crippen LogP contribution in [0.5, 0.6) is 0 Å². The Bertz CT molecular complexity index is 770. The van der Waals surface area contributed by atoms with Crippen LogP contribution in [0.1, 0.15) is 10.5 Å². The third-order valence-electron chi connectivity index (χ3n) is 3.11. The molecule has 2 aromatic carbocycles. The fourth-order valence-corrected chi connectivity index (χ4v) is 2.19. The van der Waals surface area contributed by atoms with E-state index in [4.69, 9.17) is 4.74 Å². The highest BCUT2D eigenvalue weighted by Crippen LogP contribution is 2.29. The van der Waals surface area contributed by atoms with Crippen molar-refractivity contribution in [1.82, 2.24) is 10.2 Å².